The third-order valence-corrected chi connectivity index (χ3v) is 2.28. The van der Waals surface area contributed by atoms with Crippen molar-refractivity contribution in [2.24, 2.45) is 0 Å². The van der Waals surface area contributed by atoms with Gasteiger partial charge in [0, 0.05) is 44.5 Å². The zero-order chi connectivity index (χ0) is 12.5. The third kappa shape index (κ3) is 5.65. The summed E-state index contributed by atoms with van der Waals surface area (Å²) in [7, 11) is 1.69. The van der Waals surface area contributed by atoms with Gasteiger partial charge in [0.25, 0.3) is 0 Å². The molecule has 0 spiro atoms. The lowest BCUT2D eigenvalue weighted by Gasteiger charge is -2.12. The number of nitrogens with zero attached hydrogens (tertiary/aromatic N) is 1. The summed E-state index contributed by atoms with van der Waals surface area (Å²) >= 11 is 0. The minimum absolute atomic E-state index is 0.455. The van der Waals surface area contributed by atoms with Crippen molar-refractivity contribution in [1.82, 2.24) is 10.3 Å². The molecule has 4 heteroatoms. The standard InChI is InChI=1S/C13H22N2O2/c1-11(2)15-10-12-6-4-7-14-13(12)17-9-5-8-16-3/h4,6-7,11,15H,5,8-10H2,1-3H3. The zero-order valence-corrected chi connectivity index (χ0v) is 10.9. The average Bonchev–Trinajstić information content (AvgIpc) is 2.33. The maximum Gasteiger partial charge on any atom is 0.217 e. The molecule has 0 aromatic carbocycles. The summed E-state index contributed by atoms with van der Waals surface area (Å²) in [5.41, 5.74) is 1.10. The van der Waals surface area contributed by atoms with Crippen LogP contribution in [-0.2, 0) is 11.3 Å². The first kappa shape index (κ1) is 13.9. The lowest BCUT2D eigenvalue weighted by molar-refractivity contribution is 0.170. The van der Waals surface area contributed by atoms with Crippen molar-refractivity contribution in [3.8, 4) is 5.88 Å². The first-order valence-electron chi connectivity index (χ1n) is 6.03. The first-order chi connectivity index (χ1) is 8.24. The molecule has 0 saturated carbocycles. The second kappa shape index (κ2) is 8.03. The highest BCUT2D eigenvalue weighted by Crippen LogP contribution is 2.14. The monoisotopic (exact) mass is 238 g/mol. The molecular formula is C13H22N2O2. The number of nitrogens with one attached hydrogen (secondary N) is 1. The van der Waals surface area contributed by atoms with Gasteiger partial charge in [-0.15, -0.1) is 0 Å². The number of pyridine rings is 1. The van der Waals surface area contributed by atoms with E-state index in [1.165, 1.54) is 0 Å². The van der Waals surface area contributed by atoms with Gasteiger partial charge in [0.2, 0.25) is 5.88 Å². The van der Waals surface area contributed by atoms with E-state index in [-0.39, 0.29) is 0 Å². The highest BCUT2D eigenvalue weighted by atomic mass is 16.5. The predicted molar refractivity (Wildman–Crippen MR) is 68.2 cm³/mol. The van der Waals surface area contributed by atoms with Crippen molar-refractivity contribution in [3.63, 3.8) is 0 Å². The molecule has 4 nitrogen and oxygen atoms in total. The fourth-order valence-electron chi connectivity index (χ4n) is 1.37. The molecule has 1 aromatic rings. The Morgan fingerprint density at radius 3 is 2.88 bits per heavy atom. The number of hydrogen-bond acceptors (Lipinski definition) is 4. The molecule has 0 fully saturated rings. The van der Waals surface area contributed by atoms with Gasteiger partial charge < -0.3 is 14.8 Å². The van der Waals surface area contributed by atoms with Crippen LogP contribution in [0.15, 0.2) is 18.3 Å². The van der Waals surface area contributed by atoms with E-state index in [0.717, 1.165) is 24.4 Å². The van der Waals surface area contributed by atoms with E-state index in [2.05, 4.69) is 24.1 Å². The van der Waals surface area contributed by atoms with E-state index in [1.807, 2.05) is 12.1 Å². The summed E-state index contributed by atoms with van der Waals surface area (Å²) in [6.45, 7) is 6.38. The molecule has 0 atom stereocenters. The van der Waals surface area contributed by atoms with E-state index in [4.69, 9.17) is 9.47 Å². The zero-order valence-electron chi connectivity index (χ0n) is 10.9. The fraction of sp³-hybridized carbons (Fsp3) is 0.615. The predicted octanol–water partition coefficient (Wildman–Crippen LogP) is 1.99. The molecule has 1 aromatic heterocycles. The van der Waals surface area contributed by atoms with Crippen LogP contribution in [0.3, 0.4) is 0 Å². The molecule has 0 amide bonds. The molecule has 0 aliphatic heterocycles. The van der Waals surface area contributed by atoms with E-state index in [0.29, 0.717) is 19.3 Å². The molecule has 0 saturated heterocycles. The van der Waals surface area contributed by atoms with Crippen molar-refractivity contribution in [2.75, 3.05) is 20.3 Å². The summed E-state index contributed by atoms with van der Waals surface area (Å²) in [5.74, 6) is 0.719. The Morgan fingerprint density at radius 1 is 1.35 bits per heavy atom. The number of methoxy groups -OCH3 is 1. The van der Waals surface area contributed by atoms with Crippen LogP contribution in [-0.4, -0.2) is 31.3 Å². The molecule has 0 unspecified atom stereocenters. The molecule has 0 aliphatic rings. The summed E-state index contributed by atoms with van der Waals surface area (Å²) in [5, 5.41) is 3.36. The van der Waals surface area contributed by atoms with Crippen molar-refractivity contribution in [2.45, 2.75) is 32.9 Å². The van der Waals surface area contributed by atoms with Gasteiger partial charge in [-0.1, -0.05) is 19.9 Å². The van der Waals surface area contributed by atoms with Gasteiger partial charge >= 0.3 is 0 Å². The van der Waals surface area contributed by atoms with Crippen LogP contribution in [0.4, 0.5) is 0 Å². The normalized spacial score (nSPS) is 10.8. The Hall–Kier alpha value is -1.13. The largest absolute Gasteiger partial charge is 0.477 e. The summed E-state index contributed by atoms with van der Waals surface area (Å²) in [6, 6.07) is 4.42. The average molecular weight is 238 g/mol. The smallest absolute Gasteiger partial charge is 0.217 e. The highest BCUT2D eigenvalue weighted by Gasteiger charge is 2.04. The van der Waals surface area contributed by atoms with E-state index in [1.54, 1.807) is 13.3 Å². The molecule has 0 bridgehead atoms. The van der Waals surface area contributed by atoms with Crippen LogP contribution in [0.2, 0.25) is 0 Å². The first-order valence-corrected chi connectivity index (χ1v) is 6.03. The van der Waals surface area contributed by atoms with E-state index >= 15 is 0 Å². The topological polar surface area (TPSA) is 43.4 Å². The molecular weight excluding hydrogens is 216 g/mol. The van der Waals surface area contributed by atoms with Crippen LogP contribution >= 0.6 is 0 Å². The Bertz CT molecular complexity index is 316. The third-order valence-electron chi connectivity index (χ3n) is 2.28. The molecule has 17 heavy (non-hydrogen) atoms. The van der Waals surface area contributed by atoms with Gasteiger partial charge in [-0.2, -0.15) is 0 Å². The number of rotatable bonds is 8. The fourth-order valence-corrected chi connectivity index (χ4v) is 1.37. The maximum absolute atomic E-state index is 5.64. The van der Waals surface area contributed by atoms with Crippen LogP contribution in [0.1, 0.15) is 25.8 Å². The summed E-state index contributed by atoms with van der Waals surface area (Å²) in [4.78, 5) is 4.25. The van der Waals surface area contributed by atoms with Gasteiger partial charge in [-0.05, 0) is 6.07 Å². The lowest BCUT2D eigenvalue weighted by atomic mass is 10.2. The molecule has 1 rings (SSSR count). The van der Waals surface area contributed by atoms with Gasteiger partial charge in [-0.3, -0.25) is 0 Å². The van der Waals surface area contributed by atoms with E-state index in [9.17, 15) is 0 Å². The van der Waals surface area contributed by atoms with Crippen molar-refractivity contribution in [3.05, 3.63) is 23.9 Å². The van der Waals surface area contributed by atoms with Gasteiger partial charge in [0.15, 0.2) is 0 Å². The van der Waals surface area contributed by atoms with Crippen molar-refractivity contribution >= 4 is 0 Å². The van der Waals surface area contributed by atoms with Gasteiger partial charge in [-0.25, -0.2) is 4.98 Å². The molecule has 1 N–H and O–H groups in total. The summed E-state index contributed by atoms with van der Waals surface area (Å²) in [6.07, 6.45) is 2.63. The van der Waals surface area contributed by atoms with Gasteiger partial charge in [0.05, 0.1) is 6.61 Å². The van der Waals surface area contributed by atoms with Crippen LogP contribution < -0.4 is 10.1 Å². The maximum atomic E-state index is 5.64. The minimum Gasteiger partial charge on any atom is -0.477 e. The van der Waals surface area contributed by atoms with E-state index < -0.39 is 0 Å². The molecule has 96 valence electrons. The SMILES string of the molecule is COCCCOc1ncccc1CNC(C)C. The lowest BCUT2D eigenvalue weighted by Crippen LogP contribution is -2.22. The number of hydrogen-bond donors (Lipinski definition) is 1. The van der Waals surface area contributed by atoms with Crippen molar-refractivity contribution in [1.29, 1.82) is 0 Å². The second-order valence-corrected chi connectivity index (χ2v) is 4.20. The van der Waals surface area contributed by atoms with Gasteiger partial charge in [0.1, 0.15) is 0 Å². The quantitative estimate of drug-likeness (QED) is 0.703. The van der Waals surface area contributed by atoms with Crippen LogP contribution in [0, 0.1) is 0 Å². The Morgan fingerprint density at radius 2 is 2.18 bits per heavy atom. The Labute approximate surface area is 103 Å². The molecule has 0 aliphatic carbocycles. The minimum atomic E-state index is 0.455. The second-order valence-electron chi connectivity index (χ2n) is 4.20. The highest BCUT2D eigenvalue weighted by molar-refractivity contribution is 5.25. The molecule has 0 radical (unpaired) electrons. The van der Waals surface area contributed by atoms with Crippen LogP contribution in [0.5, 0.6) is 5.88 Å². The number of aromatic nitrogens is 1. The van der Waals surface area contributed by atoms with Crippen LogP contribution in [0.25, 0.3) is 0 Å². The Balaban J connectivity index is 2.46. The summed E-state index contributed by atoms with van der Waals surface area (Å²) < 4.78 is 10.6. The number of ether oxygens (including phenoxy) is 2. The molecule has 1 heterocycles. The van der Waals surface area contributed by atoms with Crippen molar-refractivity contribution < 1.29 is 9.47 Å². The Kier molecular flexibility index (Phi) is 6.58.